The lowest BCUT2D eigenvalue weighted by molar-refractivity contribution is 0.436. The quantitative estimate of drug-likeness (QED) is 0.586. The molecule has 0 aliphatic carbocycles. The van der Waals surface area contributed by atoms with Crippen LogP contribution < -0.4 is 0 Å². The summed E-state index contributed by atoms with van der Waals surface area (Å²) in [6.07, 6.45) is 4.02. The smallest absolute Gasteiger partial charge is 0.0165 e. The number of unbranched alkanes of at least 4 members (excludes halogenated alkanes) is 1. The van der Waals surface area contributed by atoms with Crippen molar-refractivity contribution in [2.24, 2.45) is 5.92 Å². The summed E-state index contributed by atoms with van der Waals surface area (Å²) in [6, 6.07) is 9.23. The summed E-state index contributed by atoms with van der Waals surface area (Å²) in [5, 5.41) is 0. The highest BCUT2D eigenvalue weighted by Gasteiger charge is 2.13. The van der Waals surface area contributed by atoms with Crippen LogP contribution in [0.1, 0.15) is 76.8 Å². The highest BCUT2D eigenvalue weighted by Crippen LogP contribution is 2.28. The predicted molar refractivity (Wildman–Crippen MR) is 77.6 cm³/mol. The third kappa shape index (κ3) is 4.18. The van der Waals surface area contributed by atoms with Gasteiger partial charge in [-0.15, -0.1) is 0 Å². The van der Waals surface area contributed by atoms with Crippen LogP contribution in [0, 0.1) is 5.92 Å². The molecule has 1 aromatic rings. The number of hydrogen-bond acceptors (Lipinski definition) is 0. The SMILES string of the molecule is CCCCC(C)C(C)c1ccc(C(C)C)cc1. The van der Waals surface area contributed by atoms with Crippen LogP contribution in [0.4, 0.5) is 0 Å². The van der Waals surface area contributed by atoms with Crippen molar-refractivity contribution in [1.82, 2.24) is 0 Å². The maximum Gasteiger partial charge on any atom is -0.0165 e. The van der Waals surface area contributed by atoms with E-state index in [1.807, 2.05) is 0 Å². The first-order valence-corrected chi connectivity index (χ1v) is 7.16. The number of benzene rings is 1. The minimum Gasteiger partial charge on any atom is -0.0654 e. The van der Waals surface area contributed by atoms with E-state index >= 15 is 0 Å². The molecular formula is C17H28. The summed E-state index contributed by atoms with van der Waals surface area (Å²) in [4.78, 5) is 0. The highest BCUT2D eigenvalue weighted by atomic mass is 14.2. The van der Waals surface area contributed by atoms with Crippen molar-refractivity contribution in [2.75, 3.05) is 0 Å². The molecule has 0 aromatic heterocycles. The fourth-order valence-corrected chi connectivity index (χ4v) is 2.29. The maximum absolute atomic E-state index is 2.39. The first-order valence-electron chi connectivity index (χ1n) is 7.16. The molecule has 2 unspecified atom stereocenters. The Morgan fingerprint density at radius 2 is 1.41 bits per heavy atom. The summed E-state index contributed by atoms with van der Waals surface area (Å²) in [5.41, 5.74) is 2.94. The van der Waals surface area contributed by atoms with Gasteiger partial charge in [-0.2, -0.15) is 0 Å². The minimum absolute atomic E-state index is 0.636. The zero-order valence-electron chi connectivity index (χ0n) is 12.2. The molecule has 1 rings (SSSR count). The molecule has 1 aromatic carbocycles. The lowest BCUT2D eigenvalue weighted by atomic mass is 9.85. The molecule has 0 heterocycles. The van der Waals surface area contributed by atoms with Crippen molar-refractivity contribution in [3.05, 3.63) is 35.4 Å². The molecule has 0 fully saturated rings. The Bertz CT molecular complexity index is 307. The Balaban J connectivity index is 2.65. The van der Waals surface area contributed by atoms with E-state index in [1.54, 1.807) is 0 Å². The molecule has 0 saturated heterocycles. The third-order valence-electron chi connectivity index (χ3n) is 4.00. The van der Waals surface area contributed by atoms with Gasteiger partial charge in [-0.1, -0.05) is 78.1 Å². The van der Waals surface area contributed by atoms with Crippen LogP contribution >= 0.6 is 0 Å². The molecule has 0 heteroatoms. The molecule has 0 aliphatic rings. The lowest BCUT2D eigenvalue weighted by Gasteiger charge is -2.20. The van der Waals surface area contributed by atoms with Crippen LogP contribution in [-0.4, -0.2) is 0 Å². The molecule has 0 bridgehead atoms. The minimum atomic E-state index is 0.636. The van der Waals surface area contributed by atoms with Crippen molar-refractivity contribution in [1.29, 1.82) is 0 Å². The van der Waals surface area contributed by atoms with Gasteiger partial charge in [-0.3, -0.25) is 0 Å². The van der Waals surface area contributed by atoms with E-state index in [0.29, 0.717) is 11.8 Å². The van der Waals surface area contributed by atoms with E-state index < -0.39 is 0 Å². The van der Waals surface area contributed by atoms with Gasteiger partial charge in [0.1, 0.15) is 0 Å². The van der Waals surface area contributed by atoms with Crippen molar-refractivity contribution in [3.63, 3.8) is 0 Å². The zero-order valence-corrected chi connectivity index (χ0v) is 12.2. The lowest BCUT2D eigenvalue weighted by Crippen LogP contribution is -2.06. The van der Waals surface area contributed by atoms with Crippen LogP contribution in [0.5, 0.6) is 0 Å². The van der Waals surface area contributed by atoms with Gasteiger partial charge >= 0.3 is 0 Å². The monoisotopic (exact) mass is 232 g/mol. The van der Waals surface area contributed by atoms with Crippen LogP contribution in [0.25, 0.3) is 0 Å². The molecule has 2 atom stereocenters. The summed E-state index contributed by atoms with van der Waals surface area (Å²) >= 11 is 0. The van der Waals surface area contributed by atoms with Gasteiger partial charge in [-0.25, -0.2) is 0 Å². The average molecular weight is 232 g/mol. The Labute approximate surface area is 107 Å². The molecule has 0 amide bonds. The van der Waals surface area contributed by atoms with Crippen molar-refractivity contribution < 1.29 is 0 Å². The summed E-state index contributed by atoms with van der Waals surface area (Å²) in [6.45, 7) is 11.5. The zero-order chi connectivity index (χ0) is 12.8. The molecule has 0 nitrogen and oxygen atoms in total. The average Bonchev–Trinajstić information content (AvgIpc) is 2.35. The Hall–Kier alpha value is -0.780. The van der Waals surface area contributed by atoms with E-state index in [2.05, 4.69) is 58.9 Å². The molecular weight excluding hydrogens is 204 g/mol. The summed E-state index contributed by atoms with van der Waals surface area (Å²) < 4.78 is 0. The van der Waals surface area contributed by atoms with E-state index in [-0.39, 0.29) is 0 Å². The van der Waals surface area contributed by atoms with Gasteiger partial charge in [0, 0.05) is 0 Å². The molecule has 0 radical (unpaired) electrons. The standard InChI is InChI=1S/C17H28/c1-6-7-8-14(4)15(5)17-11-9-16(10-12-17)13(2)3/h9-15H,6-8H2,1-5H3. The van der Waals surface area contributed by atoms with E-state index in [0.717, 1.165) is 5.92 Å². The molecule has 0 spiro atoms. The van der Waals surface area contributed by atoms with Crippen LogP contribution in [0.15, 0.2) is 24.3 Å². The second-order valence-electron chi connectivity index (χ2n) is 5.73. The van der Waals surface area contributed by atoms with Crippen molar-refractivity contribution >= 4 is 0 Å². The fourth-order valence-electron chi connectivity index (χ4n) is 2.29. The summed E-state index contributed by atoms with van der Waals surface area (Å²) in [5.74, 6) is 2.11. The van der Waals surface area contributed by atoms with Gasteiger partial charge in [0.2, 0.25) is 0 Å². The van der Waals surface area contributed by atoms with Crippen LogP contribution in [0.2, 0.25) is 0 Å². The fraction of sp³-hybridized carbons (Fsp3) is 0.647. The molecule has 0 saturated carbocycles. The Morgan fingerprint density at radius 3 is 1.88 bits per heavy atom. The van der Waals surface area contributed by atoms with Crippen LogP contribution in [-0.2, 0) is 0 Å². The van der Waals surface area contributed by atoms with Gasteiger partial charge in [0.15, 0.2) is 0 Å². The molecule has 0 N–H and O–H groups in total. The maximum atomic E-state index is 2.39. The van der Waals surface area contributed by atoms with E-state index in [1.165, 1.54) is 30.4 Å². The third-order valence-corrected chi connectivity index (χ3v) is 4.00. The van der Waals surface area contributed by atoms with Gasteiger partial charge < -0.3 is 0 Å². The second-order valence-corrected chi connectivity index (χ2v) is 5.73. The topological polar surface area (TPSA) is 0 Å². The normalized spacial score (nSPS) is 14.9. The number of rotatable bonds is 6. The molecule has 0 aliphatic heterocycles. The van der Waals surface area contributed by atoms with E-state index in [4.69, 9.17) is 0 Å². The first-order chi connectivity index (χ1) is 8.06. The predicted octanol–water partition coefficient (Wildman–Crippen LogP) is 5.74. The van der Waals surface area contributed by atoms with Crippen molar-refractivity contribution in [3.8, 4) is 0 Å². The molecule has 96 valence electrons. The van der Waals surface area contributed by atoms with E-state index in [9.17, 15) is 0 Å². The molecule has 17 heavy (non-hydrogen) atoms. The van der Waals surface area contributed by atoms with Crippen molar-refractivity contribution in [2.45, 2.75) is 65.7 Å². The van der Waals surface area contributed by atoms with Crippen LogP contribution in [0.3, 0.4) is 0 Å². The summed E-state index contributed by atoms with van der Waals surface area (Å²) in [7, 11) is 0. The van der Waals surface area contributed by atoms with Gasteiger partial charge in [0.05, 0.1) is 0 Å². The largest absolute Gasteiger partial charge is 0.0654 e. The van der Waals surface area contributed by atoms with Gasteiger partial charge in [0.25, 0.3) is 0 Å². The Kier molecular flexibility index (Phi) is 5.74. The first kappa shape index (κ1) is 14.3. The van der Waals surface area contributed by atoms with Gasteiger partial charge in [-0.05, 0) is 28.9 Å². The Morgan fingerprint density at radius 1 is 0.882 bits per heavy atom. The highest BCUT2D eigenvalue weighted by molar-refractivity contribution is 5.27. The number of hydrogen-bond donors (Lipinski definition) is 0. The second kappa shape index (κ2) is 6.83.